The standard InChI is InChI=1S/C13H11ClN2S/c14-11-8-12(16-13(15-11)9-6-7-9)17-10-4-2-1-3-5-10/h1-5,8-9H,6-7H2. The summed E-state index contributed by atoms with van der Waals surface area (Å²) in [6.07, 6.45) is 2.38. The monoisotopic (exact) mass is 262 g/mol. The first-order chi connectivity index (χ1) is 8.31. The molecule has 0 aliphatic heterocycles. The highest BCUT2D eigenvalue weighted by atomic mass is 35.5. The maximum absolute atomic E-state index is 6.02. The third kappa shape index (κ3) is 2.79. The first kappa shape index (κ1) is 11.1. The molecule has 1 aliphatic carbocycles. The molecule has 2 nitrogen and oxygen atoms in total. The van der Waals surface area contributed by atoms with E-state index in [1.54, 1.807) is 11.8 Å². The van der Waals surface area contributed by atoms with Crippen LogP contribution in [0.15, 0.2) is 46.3 Å². The van der Waals surface area contributed by atoms with Gasteiger partial charge in [-0.1, -0.05) is 41.6 Å². The van der Waals surface area contributed by atoms with Gasteiger partial charge in [-0.25, -0.2) is 9.97 Å². The second-order valence-electron chi connectivity index (χ2n) is 4.08. The Hall–Kier alpha value is -1.06. The number of benzene rings is 1. The SMILES string of the molecule is Clc1cc(Sc2ccccc2)nc(C2CC2)n1. The molecule has 0 amide bonds. The normalized spacial score (nSPS) is 14.9. The van der Waals surface area contributed by atoms with Crippen LogP contribution in [0.1, 0.15) is 24.6 Å². The van der Waals surface area contributed by atoms with Gasteiger partial charge in [-0.3, -0.25) is 0 Å². The summed E-state index contributed by atoms with van der Waals surface area (Å²) in [6, 6.07) is 12.0. The number of hydrogen-bond acceptors (Lipinski definition) is 3. The molecule has 1 fully saturated rings. The molecule has 0 unspecified atom stereocenters. The van der Waals surface area contributed by atoms with Gasteiger partial charge in [0.05, 0.1) is 0 Å². The fourth-order valence-corrected chi connectivity index (χ4v) is 2.70. The molecular weight excluding hydrogens is 252 g/mol. The number of rotatable bonds is 3. The highest BCUT2D eigenvalue weighted by Gasteiger charge is 2.27. The Morgan fingerprint density at radius 2 is 1.88 bits per heavy atom. The molecule has 1 saturated carbocycles. The van der Waals surface area contributed by atoms with Gasteiger partial charge in [0.15, 0.2) is 0 Å². The van der Waals surface area contributed by atoms with E-state index in [1.165, 1.54) is 17.7 Å². The zero-order chi connectivity index (χ0) is 11.7. The van der Waals surface area contributed by atoms with E-state index in [-0.39, 0.29) is 0 Å². The fourth-order valence-electron chi connectivity index (χ4n) is 1.60. The van der Waals surface area contributed by atoms with E-state index in [4.69, 9.17) is 11.6 Å². The molecule has 17 heavy (non-hydrogen) atoms. The Balaban J connectivity index is 1.87. The van der Waals surface area contributed by atoms with Gasteiger partial charge in [0.1, 0.15) is 16.0 Å². The molecule has 3 rings (SSSR count). The minimum atomic E-state index is 0.531. The molecular formula is C13H11ClN2S. The van der Waals surface area contributed by atoms with Gasteiger partial charge in [0.2, 0.25) is 0 Å². The van der Waals surface area contributed by atoms with Crippen molar-refractivity contribution in [1.29, 1.82) is 0 Å². The van der Waals surface area contributed by atoms with E-state index >= 15 is 0 Å². The van der Waals surface area contributed by atoms with Crippen LogP contribution in [0.2, 0.25) is 5.15 Å². The van der Waals surface area contributed by atoms with Crippen molar-refractivity contribution >= 4 is 23.4 Å². The lowest BCUT2D eigenvalue weighted by atomic mass is 10.4. The van der Waals surface area contributed by atoms with Crippen LogP contribution >= 0.6 is 23.4 Å². The van der Waals surface area contributed by atoms with Crippen LogP contribution in [0.25, 0.3) is 0 Å². The molecule has 2 aromatic rings. The van der Waals surface area contributed by atoms with Crippen LogP contribution in [0.4, 0.5) is 0 Å². The van der Waals surface area contributed by atoms with Crippen molar-refractivity contribution in [1.82, 2.24) is 9.97 Å². The Labute approximate surface area is 109 Å². The highest BCUT2D eigenvalue weighted by Crippen LogP contribution is 2.39. The third-order valence-corrected chi connectivity index (χ3v) is 3.72. The zero-order valence-corrected chi connectivity index (χ0v) is 10.7. The summed E-state index contributed by atoms with van der Waals surface area (Å²) in [5, 5.41) is 1.47. The molecule has 1 aromatic heterocycles. The first-order valence-electron chi connectivity index (χ1n) is 5.58. The van der Waals surface area contributed by atoms with E-state index in [9.17, 15) is 0 Å². The summed E-state index contributed by atoms with van der Waals surface area (Å²) in [6.45, 7) is 0. The van der Waals surface area contributed by atoms with Crippen molar-refractivity contribution in [2.75, 3.05) is 0 Å². The molecule has 0 N–H and O–H groups in total. The van der Waals surface area contributed by atoms with E-state index in [0.29, 0.717) is 11.1 Å². The van der Waals surface area contributed by atoms with Crippen molar-refractivity contribution in [2.24, 2.45) is 0 Å². The topological polar surface area (TPSA) is 25.8 Å². The Morgan fingerprint density at radius 3 is 2.59 bits per heavy atom. The Morgan fingerprint density at radius 1 is 1.12 bits per heavy atom. The highest BCUT2D eigenvalue weighted by molar-refractivity contribution is 7.99. The number of hydrogen-bond donors (Lipinski definition) is 0. The van der Waals surface area contributed by atoms with Gasteiger partial charge >= 0.3 is 0 Å². The average Bonchev–Trinajstić information content (AvgIpc) is 3.13. The van der Waals surface area contributed by atoms with E-state index in [2.05, 4.69) is 22.1 Å². The van der Waals surface area contributed by atoms with Gasteiger partial charge in [-0.15, -0.1) is 0 Å². The number of aromatic nitrogens is 2. The van der Waals surface area contributed by atoms with Crippen LogP contribution in [0.5, 0.6) is 0 Å². The van der Waals surface area contributed by atoms with Crippen molar-refractivity contribution in [2.45, 2.75) is 28.7 Å². The largest absolute Gasteiger partial charge is 0.226 e. The van der Waals surface area contributed by atoms with Crippen molar-refractivity contribution in [3.63, 3.8) is 0 Å². The zero-order valence-electron chi connectivity index (χ0n) is 9.14. The molecule has 0 spiro atoms. The lowest BCUT2D eigenvalue weighted by Crippen LogP contribution is -1.94. The predicted molar refractivity (Wildman–Crippen MR) is 69.6 cm³/mol. The summed E-state index contributed by atoms with van der Waals surface area (Å²) in [7, 11) is 0. The lowest BCUT2D eigenvalue weighted by Gasteiger charge is -2.03. The van der Waals surface area contributed by atoms with E-state index in [0.717, 1.165) is 10.9 Å². The maximum atomic E-state index is 6.02. The molecule has 0 atom stereocenters. The minimum absolute atomic E-state index is 0.531. The summed E-state index contributed by atoms with van der Waals surface area (Å²) < 4.78 is 0. The van der Waals surface area contributed by atoms with Crippen molar-refractivity contribution < 1.29 is 0 Å². The average molecular weight is 263 g/mol. The number of halogens is 1. The number of nitrogens with zero attached hydrogens (tertiary/aromatic N) is 2. The summed E-state index contributed by atoms with van der Waals surface area (Å²) >= 11 is 7.65. The second kappa shape index (κ2) is 4.67. The molecule has 86 valence electrons. The molecule has 4 heteroatoms. The van der Waals surface area contributed by atoms with Crippen LogP contribution in [0, 0.1) is 0 Å². The Kier molecular flexibility index (Phi) is 3.04. The van der Waals surface area contributed by atoms with Gasteiger partial charge < -0.3 is 0 Å². The second-order valence-corrected chi connectivity index (χ2v) is 5.56. The molecule has 1 aromatic carbocycles. The van der Waals surface area contributed by atoms with Gasteiger partial charge in [0.25, 0.3) is 0 Å². The van der Waals surface area contributed by atoms with Crippen molar-refractivity contribution in [3.8, 4) is 0 Å². The van der Waals surface area contributed by atoms with Gasteiger partial charge in [-0.2, -0.15) is 0 Å². The van der Waals surface area contributed by atoms with Gasteiger partial charge in [0, 0.05) is 16.9 Å². The van der Waals surface area contributed by atoms with Crippen LogP contribution in [0.3, 0.4) is 0 Å². The van der Waals surface area contributed by atoms with Crippen LogP contribution < -0.4 is 0 Å². The summed E-state index contributed by atoms with van der Waals surface area (Å²) in [5.74, 6) is 1.43. The van der Waals surface area contributed by atoms with Crippen molar-refractivity contribution in [3.05, 3.63) is 47.4 Å². The quantitative estimate of drug-likeness (QED) is 0.777. The van der Waals surface area contributed by atoms with Crippen LogP contribution in [-0.2, 0) is 0 Å². The Bertz CT molecular complexity index is 526. The summed E-state index contributed by atoms with van der Waals surface area (Å²) in [4.78, 5) is 10.0. The van der Waals surface area contributed by atoms with E-state index < -0.39 is 0 Å². The fraction of sp³-hybridized carbons (Fsp3) is 0.231. The molecule has 0 saturated heterocycles. The maximum Gasteiger partial charge on any atom is 0.134 e. The molecule has 1 heterocycles. The van der Waals surface area contributed by atoms with Gasteiger partial charge in [-0.05, 0) is 25.0 Å². The third-order valence-electron chi connectivity index (χ3n) is 2.60. The molecule has 0 radical (unpaired) electrons. The predicted octanol–water partition coefficient (Wildman–Crippen LogP) is 4.16. The smallest absolute Gasteiger partial charge is 0.134 e. The lowest BCUT2D eigenvalue weighted by molar-refractivity contribution is 0.878. The molecule has 1 aliphatic rings. The minimum Gasteiger partial charge on any atom is -0.226 e. The van der Waals surface area contributed by atoms with Crippen LogP contribution in [-0.4, -0.2) is 9.97 Å². The van der Waals surface area contributed by atoms with E-state index in [1.807, 2.05) is 24.3 Å². The molecule has 0 bridgehead atoms. The summed E-state index contributed by atoms with van der Waals surface area (Å²) in [5.41, 5.74) is 0. The first-order valence-corrected chi connectivity index (χ1v) is 6.78.